The van der Waals surface area contributed by atoms with Crippen molar-refractivity contribution in [2.75, 3.05) is 10.6 Å². The fraction of sp³-hybridized carbons (Fsp3) is 0.263. The lowest BCUT2D eigenvalue weighted by Crippen LogP contribution is -2.36. The molecule has 32 heavy (non-hydrogen) atoms. The molecule has 2 atom stereocenters. The molecule has 3 heterocycles. The van der Waals surface area contributed by atoms with E-state index in [2.05, 4.69) is 20.5 Å². The molecule has 0 saturated heterocycles. The Morgan fingerprint density at radius 2 is 1.88 bits per heavy atom. The van der Waals surface area contributed by atoms with E-state index >= 15 is 0 Å². The van der Waals surface area contributed by atoms with Crippen LogP contribution >= 0.6 is 11.3 Å². The van der Waals surface area contributed by atoms with Gasteiger partial charge in [-0.3, -0.25) is 4.79 Å². The summed E-state index contributed by atoms with van der Waals surface area (Å²) in [5, 5.41) is 10.9. The number of carbonyl (C=O) groups is 1. The number of ether oxygens (including phenoxy) is 1. The summed E-state index contributed by atoms with van der Waals surface area (Å²) < 4.78 is 82.3. The molecule has 0 spiro atoms. The summed E-state index contributed by atoms with van der Waals surface area (Å²) in [6, 6.07) is 5.18. The van der Waals surface area contributed by atoms with Crippen molar-refractivity contribution in [1.82, 2.24) is 9.78 Å². The number of halogens is 6. The number of nitrogens with one attached hydrogen (secondary N) is 2. The van der Waals surface area contributed by atoms with Gasteiger partial charge in [-0.1, -0.05) is 6.07 Å². The van der Waals surface area contributed by atoms with Crippen LogP contribution in [0.25, 0.3) is 0 Å². The van der Waals surface area contributed by atoms with Crippen LogP contribution in [0.4, 0.5) is 37.8 Å². The summed E-state index contributed by atoms with van der Waals surface area (Å²) in [4.78, 5) is 13.4. The highest BCUT2D eigenvalue weighted by atomic mass is 32.1. The average Bonchev–Trinajstić information content (AvgIpc) is 3.36. The Morgan fingerprint density at radius 1 is 1.16 bits per heavy atom. The van der Waals surface area contributed by atoms with Gasteiger partial charge in [-0.25, -0.2) is 4.68 Å². The molecule has 0 radical (unpaired) electrons. The maximum absolute atomic E-state index is 13.7. The van der Waals surface area contributed by atoms with Crippen LogP contribution < -0.4 is 15.4 Å². The van der Waals surface area contributed by atoms with Crippen molar-refractivity contribution in [3.8, 4) is 5.75 Å². The van der Waals surface area contributed by atoms with Crippen molar-refractivity contribution < 1.29 is 35.9 Å². The molecule has 0 bridgehead atoms. The molecular weight excluding hydrogens is 462 g/mol. The van der Waals surface area contributed by atoms with E-state index in [0.29, 0.717) is 4.88 Å². The molecule has 0 unspecified atom stereocenters. The molecule has 4 rings (SSSR count). The van der Waals surface area contributed by atoms with Gasteiger partial charge in [-0.2, -0.15) is 18.3 Å². The summed E-state index contributed by atoms with van der Waals surface area (Å²) in [5.74, 6) is -1.34. The predicted octanol–water partition coefficient (Wildman–Crippen LogP) is 5.76. The Balaban J connectivity index is 1.58. The second-order valence-electron chi connectivity index (χ2n) is 6.88. The number of nitrogens with zero attached hydrogens (tertiary/aromatic N) is 2. The molecule has 0 fully saturated rings. The number of hydrogen-bond donors (Lipinski definition) is 2. The van der Waals surface area contributed by atoms with Gasteiger partial charge in [0.1, 0.15) is 17.1 Å². The number of hydrogen-bond acceptors (Lipinski definition) is 5. The van der Waals surface area contributed by atoms with E-state index in [1.54, 1.807) is 17.5 Å². The Labute approximate surface area is 180 Å². The highest BCUT2D eigenvalue weighted by molar-refractivity contribution is 7.10. The first-order valence-electron chi connectivity index (χ1n) is 9.12. The largest absolute Gasteiger partial charge is 0.573 e. The second kappa shape index (κ2) is 8.04. The third-order valence-electron chi connectivity index (χ3n) is 4.72. The zero-order valence-electron chi connectivity index (χ0n) is 15.9. The number of carbonyl (C=O) groups excluding carboxylic acids is 1. The lowest BCUT2D eigenvalue weighted by Gasteiger charge is -2.33. The van der Waals surface area contributed by atoms with Gasteiger partial charge in [0.25, 0.3) is 5.91 Å². The van der Waals surface area contributed by atoms with Gasteiger partial charge in [0.2, 0.25) is 0 Å². The quantitative estimate of drug-likeness (QED) is 0.470. The second-order valence-corrected chi connectivity index (χ2v) is 7.86. The summed E-state index contributed by atoms with van der Waals surface area (Å²) in [7, 11) is 0. The molecule has 13 heteroatoms. The number of amides is 1. The van der Waals surface area contributed by atoms with Crippen LogP contribution in [-0.2, 0) is 0 Å². The lowest BCUT2D eigenvalue weighted by atomic mass is 10.0. The Hall–Kier alpha value is -3.22. The number of anilines is 2. The normalized spacial score (nSPS) is 18.6. The van der Waals surface area contributed by atoms with Crippen LogP contribution in [0.15, 0.2) is 48.0 Å². The van der Waals surface area contributed by atoms with Gasteiger partial charge < -0.3 is 15.4 Å². The van der Waals surface area contributed by atoms with Crippen LogP contribution in [0.2, 0.25) is 0 Å². The molecule has 0 aliphatic carbocycles. The summed E-state index contributed by atoms with van der Waals surface area (Å²) in [6.07, 6.45) is -8.71. The molecule has 1 aliphatic heterocycles. The van der Waals surface area contributed by atoms with E-state index in [-0.39, 0.29) is 23.5 Å². The molecule has 1 aliphatic rings. The smallest absolute Gasteiger partial charge is 0.406 e. The van der Waals surface area contributed by atoms with Gasteiger partial charge in [0.15, 0.2) is 6.04 Å². The molecule has 1 amide bonds. The number of aromatic nitrogens is 2. The predicted molar refractivity (Wildman–Crippen MR) is 104 cm³/mol. The average molecular weight is 476 g/mol. The maximum atomic E-state index is 13.7. The number of rotatable bonds is 4. The minimum atomic E-state index is -4.86. The fourth-order valence-electron chi connectivity index (χ4n) is 3.34. The summed E-state index contributed by atoms with van der Waals surface area (Å²) in [5.41, 5.74) is -0.00131. The van der Waals surface area contributed by atoms with Crippen LogP contribution in [0.3, 0.4) is 0 Å². The minimum absolute atomic E-state index is 0.0912. The Kier molecular flexibility index (Phi) is 5.53. The topological polar surface area (TPSA) is 68.2 Å². The highest BCUT2D eigenvalue weighted by Crippen LogP contribution is 2.45. The van der Waals surface area contributed by atoms with E-state index in [4.69, 9.17) is 0 Å². The van der Waals surface area contributed by atoms with Crippen molar-refractivity contribution in [3.63, 3.8) is 0 Å². The van der Waals surface area contributed by atoms with E-state index < -0.39 is 36.3 Å². The van der Waals surface area contributed by atoms with E-state index in [1.165, 1.54) is 23.5 Å². The van der Waals surface area contributed by atoms with E-state index in [1.807, 2.05) is 0 Å². The van der Waals surface area contributed by atoms with Crippen LogP contribution in [0.1, 0.15) is 33.7 Å². The van der Waals surface area contributed by atoms with Gasteiger partial charge >= 0.3 is 12.5 Å². The molecular formula is C19H14F6N4O2S. The summed E-state index contributed by atoms with van der Waals surface area (Å²) >= 11 is 1.29. The fourth-order valence-corrected chi connectivity index (χ4v) is 4.13. The monoisotopic (exact) mass is 476 g/mol. The number of fused-ring (bicyclic) bond motifs is 1. The zero-order valence-corrected chi connectivity index (χ0v) is 16.7. The Morgan fingerprint density at radius 3 is 2.47 bits per heavy atom. The maximum Gasteiger partial charge on any atom is 0.573 e. The number of alkyl halides is 6. The molecule has 2 N–H and O–H groups in total. The van der Waals surface area contributed by atoms with Crippen molar-refractivity contribution in [2.24, 2.45) is 0 Å². The molecule has 2 aromatic heterocycles. The van der Waals surface area contributed by atoms with Crippen molar-refractivity contribution in [1.29, 1.82) is 0 Å². The van der Waals surface area contributed by atoms with Gasteiger partial charge in [-0.05, 0) is 35.7 Å². The Bertz CT molecular complexity index is 1090. The summed E-state index contributed by atoms with van der Waals surface area (Å²) in [6.45, 7) is 0. The van der Waals surface area contributed by atoms with Crippen molar-refractivity contribution in [2.45, 2.75) is 31.0 Å². The first-order chi connectivity index (χ1) is 15.0. The van der Waals surface area contributed by atoms with Gasteiger partial charge in [0.05, 0.1) is 12.2 Å². The highest BCUT2D eigenvalue weighted by Gasteiger charge is 2.47. The third kappa shape index (κ3) is 4.66. The molecule has 3 aromatic rings. The van der Waals surface area contributed by atoms with E-state index in [9.17, 15) is 31.1 Å². The zero-order chi connectivity index (χ0) is 23.1. The first-order valence-corrected chi connectivity index (χ1v) is 10.0. The number of benzene rings is 1. The molecule has 6 nitrogen and oxygen atoms in total. The van der Waals surface area contributed by atoms with Crippen LogP contribution in [0.5, 0.6) is 5.75 Å². The molecule has 0 saturated carbocycles. The molecule has 170 valence electrons. The molecule has 1 aromatic carbocycles. The first kappa shape index (κ1) is 22.0. The SMILES string of the molecule is O=C(Nc1ccc(OC(F)(F)F)cc1)c1cnn2c1N[C@H](c1cccs1)C[C@H]2C(F)(F)F. The van der Waals surface area contributed by atoms with Crippen molar-refractivity contribution >= 4 is 28.7 Å². The van der Waals surface area contributed by atoms with Gasteiger partial charge in [0, 0.05) is 17.0 Å². The van der Waals surface area contributed by atoms with Crippen LogP contribution in [0, 0.1) is 0 Å². The van der Waals surface area contributed by atoms with E-state index in [0.717, 1.165) is 23.0 Å². The third-order valence-corrected chi connectivity index (χ3v) is 5.70. The minimum Gasteiger partial charge on any atom is -0.406 e. The van der Waals surface area contributed by atoms with Crippen molar-refractivity contribution in [3.05, 3.63) is 58.4 Å². The standard InChI is InChI=1S/C19H14F6N4O2S/c20-18(21,22)15-8-13(14-2-1-7-32-14)28-16-12(9-26-29(15)16)17(30)27-10-3-5-11(6-4-10)31-19(23,24)25/h1-7,9,13,15,28H,8H2,(H,27,30)/t13-,15-/m0/s1. The van der Waals surface area contributed by atoms with Crippen LogP contribution in [-0.4, -0.2) is 28.2 Å². The lowest BCUT2D eigenvalue weighted by molar-refractivity contribution is -0.274. The van der Waals surface area contributed by atoms with Gasteiger partial charge in [-0.15, -0.1) is 24.5 Å². The number of thiophene rings is 1.